The third-order valence-electron chi connectivity index (χ3n) is 3.33. The van der Waals surface area contributed by atoms with Gasteiger partial charge >= 0.3 is 6.03 Å². The normalized spacial score (nSPS) is 11.0. The van der Waals surface area contributed by atoms with Crippen LogP contribution in [0.2, 0.25) is 5.02 Å². The third-order valence-corrected chi connectivity index (χ3v) is 3.56. The van der Waals surface area contributed by atoms with E-state index in [0.717, 1.165) is 0 Å². The van der Waals surface area contributed by atoms with Gasteiger partial charge in [-0.3, -0.25) is 0 Å². The van der Waals surface area contributed by atoms with Crippen LogP contribution in [-0.4, -0.2) is 12.6 Å². The zero-order valence-electron chi connectivity index (χ0n) is 12.2. The molecule has 0 aliphatic carbocycles. The summed E-state index contributed by atoms with van der Waals surface area (Å²) in [6.07, 6.45) is 0. The number of urea groups is 1. The summed E-state index contributed by atoms with van der Waals surface area (Å²) in [5.74, 6) is 0. The molecule has 0 unspecified atom stereocenters. The maximum atomic E-state index is 11.9. The van der Waals surface area contributed by atoms with Crippen molar-refractivity contribution < 1.29 is 4.79 Å². The van der Waals surface area contributed by atoms with Crippen molar-refractivity contribution >= 4 is 23.3 Å². The number of rotatable bonds is 4. The number of hydrogen-bond donors (Lipinski definition) is 2. The maximum absolute atomic E-state index is 11.9. The van der Waals surface area contributed by atoms with Crippen molar-refractivity contribution in [2.45, 2.75) is 19.3 Å². The fraction of sp³-hybridized carbons (Fsp3) is 0.235. The van der Waals surface area contributed by atoms with Gasteiger partial charge in [0, 0.05) is 22.7 Å². The molecule has 3 nitrogen and oxygen atoms in total. The minimum Gasteiger partial charge on any atom is -0.337 e. The van der Waals surface area contributed by atoms with E-state index in [1.807, 2.05) is 18.2 Å². The van der Waals surface area contributed by atoms with Crippen LogP contribution in [0.5, 0.6) is 0 Å². The van der Waals surface area contributed by atoms with E-state index >= 15 is 0 Å². The second-order valence-corrected chi connectivity index (χ2v) is 6.00. The van der Waals surface area contributed by atoms with Gasteiger partial charge in [-0.2, -0.15) is 0 Å². The van der Waals surface area contributed by atoms with Gasteiger partial charge in [0.15, 0.2) is 0 Å². The van der Waals surface area contributed by atoms with E-state index < -0.39 is 0 Å². The minimum atomic E-state index is -0.235. The second kappa shape index (κ2) is 6.64. The van der Waals surface area contributed by atoms with Crippen molar-refractivity contribution in [1.82, 2.24) is 5.32 Å². The highest BCUT2D eigenvalue weighted by Gasteiger charge is 2.20. The van der Waals surface area contributed by atoms with Crippen LogP contribution in [0.25, 0.3) is 0 Å². The highest BCUT2D eigenvalue weighted by atomic mass is 35.5. The van der Waals surface area contributed by atoms with Crippen molar-refractivity contribution in [3.05, 3.63) is 65.2 Å². The van der Waals surface area contributed by atoms with Crippen molar-refractivity contribution in [2.75, 3.05) is 11.9 Å². The Labute approximate surface area is 130 Å². The molecule has 0 heterocycles. The summed E-state index contributed by atoms with van der Waals surface area (Å²) in [4.78, 5) is 11.9. The number of anilines is 1. The van der Waals surface area contributed by atoms with Gasteiger partial charge in [-0.25, -0.2) is 4.79 Å². The van der Waals surface area contributed by atoms with Crippen molar-refractivity contribution in [3.8, 4) is 0 Å². The van der Waals surface area contributed by atoms with Gasteiger partial charge < -0.3 is 10.6 Å². The first-order valence-corrected chi connectivity index (χ1v) is 7.21. The van der Waals surface area contributed by atoms with Gasteiger partial charge in [0.2, 0.25) is 0 Å². The van der Waals surface area contributed by atoms with E-state index in [2.05, 4.69) is 36.6 Å². The molecule has 2 aromatic rings. The molecule has 0 saturated heterocycles. The maximum Gasteiger partial charge on any atom is 0.319 e. The highest BCUT2D eigenvalue weighted by Crippen LogP contribution is 2.21. The van der Waals surface area contributed by atoms with E-state index in [1.54, 1.807) is 24.3 Å². The summed E-state index contributed by atoms with van der Waals surface area (Å²) in [6.45, 7) is 4.74. The molecular formula is C17H19ClN2O. The Kier molecular flexibility index (Phi) is 4.86. The van der Waals surface area contributed by atoms with Crippen molar-refractivity contribution in [1.29, 1.82) is 0 Å². The first kappa shape index (κ1) is 15.4. The van der Waals surface area contributed by atoms with Gasteiger partial charge in [0.1, 0.15) is 0 Å². The number of benzene rings is 2. The predicted molar refractivity (Wildman–Crippen MR) is 87.9 cm³/mol. The van der Waals surface area contributed by atoms with Gasteiger partial charge in [0.25, 0.3) is 0 Å². The number of carbonyl (C=O) groups is 1. The zero-order valence-corrected chi connectivity index (χ0v) is 12.9. The van der Waals surface area contributed by atoms with E-state index in [0.29, 0.717) is 17.3 Å². The van der Waals surface area contributed by atoms with Gasteiger partial charge in [0.05, 0.1) is 0 Å². The minimum absolute atomic E-state index is 0.132. The lowest BCUT2D eigenvalue weighted by Gasteiger charge is -2.25. The van der Waals surface area contributed by atoms with Crippen molar-refractivity contribution in [3.63, 3.8) is 0 Å². The van der Waals surface area contributed by atoms with Crippen LogP contribution >= 0.6 is 11.6 Å². The smallest absolute Gasteiger partial charge is 0.319 e. The Morgan fingerprint density at radius 2 is 1.81 bits per heavy atom. The van der Waals surface area contributed by atoms with Crippen LogP contribution < -0.4 is 10.6 Å². The molecule has 21 heavy (non-hydrogen) atoms. The van der Waals surface area contributed by atoms with Gasteiger partial charge in [-0.15, -0.1) is 0 Å². The molecule has 0 radical (unpaired) electrons. The summed E-state index contributed by atoms with van der Waals surface area (Å²) in [6, 6.07) is 17.0. The molecule has 0 aliphatic rings. The fourth-order valence-corrected chi connectivity index (χ4v) is 2.22. The lowest BCUT2D eigenvalue weighted by Crippen LogP contribution is -2.38. The Balaban J connectivity index is 1.92. The third kappa shape index (κ3) is 4.50. The average Bonchev–Trinajstić information content (AvgIpc) is 2.46. The largest absolute Gasteiger partial charge is 0.337 e. The molecule has 0 aliphatic heterocycles. The topological polar surface area (TPSA) is 41.1 Å². The molecule has 2 aromatic carbocycles. The standard InChI is InChI=1S/C17H19ClN2O/c1-17(2,13-7-4-3-5-8-13)12-19-16(21)20-15-10-6-9-14(18)11-15/h3-11H,12H2,1-2H3,(H2,19,20,21). The molecule has 2 rings (SSSR count). The Morgan fingerprint density at radius 3 is 2.48 bits per heavy atom. The first-order valence-electron chi connectivity index (χ1n) is 6.83. The van der Waals surface area contributed by atoms with Crippen LogP contribution in [-0.2, 0) is 5.41 Å². The second-order valence-electron chi connectivity index (χ2n) is 5.57. The number of nitrogens with one attached hydrogen (secondary N) is 2. The molecule has 0 atom stereocenters. The fourth-order valence-electron chi connectivity index (χ4n) is 2.03. The molecule has 2 amide bonds. The van der Waals surface area contributed by atoms with E-state index in [9.17, 15) is 4.79 Å². The Bertz CT molecular complexity index is 611. The first-order chi connectivity index (χ1) is 9.97. The van der Waals surface area contributed by atoms with Crippen LogP contribution in [0.15, 0.2) is 54.6 Å². The monoisotopic (exact) mass is 302 g/mol. The summed E-state index contributed by atoms with van der Waals surface area (Å²) in [5.41, 5.74) is 1.73. The quantitative estimate of drug-likeness (QED) is 0.861. The molecule has 0 bridgehead atoms. The highest BCUT2D eigenvalue weighted by molar-refractivity contribution is 6.30. The average molecular weight is 303 g/mol. The SMILES string of the molecule is CC(C)(CNC(=O)Nc1cccc(Cl)c1)c1ccccc1. The molecule has 0 fully saturated rings. The lowest BCUT2D eigenvalue weighted by molar-refractivity contribution is 0.249. The van der Waals surface area contributed by atoms with Crippen molar-refractivity contribution in [2.24, 2.45) is 0 Å². The van der Waals surface area contributed by atoms with Crippen LogP contribution in [0, 0.1) is 0 Å². The molecule has 110 valence electrons. The van der Waals surface area contributed by atoms with Gasteiger partial charge in [-0.1, -0.05) is 61.8 Å². The zero-order chi connectivity index (χ0) is 15.3. The summed E-state index contributed by atoms with van der Waals surface area (Å²) >= 11 is 5.89. The van der Waals surface area contributed by atoms with E-state index in [-0.39, 0.29) is 11.4 Å². The van der Waals surface area contributed by atoms with Gasteiger partial charge in [-0.05, 0) is 23.8 Å². The molecule has 0 saturated carbocycles. The molecule has 0 spiro atoms. The van der Waals surface area contributed by atoms with Crippen LogP contribution in [0.4, 0.5) is 10.5 Å². The van der Waals surface area contributed by atoms with Crippen LogP contribution in [0.1, 0.15) is 19.4 Å². The van der Waals surface area contributed by atoms with Crippen LogP contribution in [0.3, 0.4) is 0 Å². The predicted octanol–water partition coefficient (Wildman–Crippen LogP) is 4.44. The molecule has 2 N–H and O–H groups in total. The number of amides is 2. The number of carbonyl (C=O) groups excluding carboxylic acids is 1. The Hall–Kier alpha value is -2.00. The van der Waals surface area contributed by atoms with E-state index in [1.165, 1.54) is 5.56 Å². The molecule has 4 heteroatoms. The summed E-state index contributed by atoms with van der Waals surface area (Å²) < 4.78 is 0. The summed E-state index contributed by atoms with van der Waals surface area (Å²) in [7, 11) is 0. The number of halogens is 1. The summed E-state index contributed by atoms with van der Waals surface area (Å²) in [5, 5.41) is 6.26. The Morgan fingerprint density at radius 1 is 1.10 bits per heavy atom. The lowest BCUT2D eigenvalue weighted by atomic mass is 9.85. The molecule has 0 aromatic heterocycles. The molecular weight excluding hydrogens is 284 g/mol. The van der Waals surface area contributed by atoms with E-state index in [4.69, 9.17) is 11.6 Å². The number of hydrogen-bond acceptors (Lipinski definition) is 1.